The summed E-state index contributed by atoms with van der Waals surface area (Å²) in [5.41, 5.74) is 0.661. The summed E-state index contributed by atoms with van der Waals surface area (Å²) in [7, 11) is 0. The van der Waals surface area contributed by atoms with E-state index in [0.717, 1.165) is 54.3 Å². The highest BCUT2D eigenvalue weighted by atomic mass is 16.3. The van der Waals surface area contributed by atoms with Crippen LogP contribution in [0.15, 0.2) is 5.18 Å². The summed E-state index contributed by atoms with van der Waals surface area (Å²) < 4.78 is 0. The lowest BCUT2D eigenvalue weighted by Gasteiger charge is -2.43. The van der Waals surface area contributed by atoms with E-state index in [1.807, 2.05) is 0 Å². The average molecular weight is 386 g/mol. The lowest BCUT2D eigenvalue weighted by molar-refractivity contribution is -0.115. The van der Waals surface area contributed by atoms with Crippen LogP contribution in [0.5, 0.6) is 0 Å². The average Bonchev–Trinajstić information content (AvgIpc) is 3.35. The number of fused-ring (bicyclic) bond motifs is 4. The molecule has 28 heavy (non-hydrogen) atoms. The van der Waals surface area contributed by atoms with Crippen LogP contribution in [0.4, 0.5) is 0 Å². The van der Waals surface area contributed by atoms with E-state index in [4.69, 9.17) is 0 Å². The zero-order chi connectivity index (χ0) is 19.5. The maximum absolute atomic E-state index is 11.9. The van der Waals surface area contributed by atoms with Gasteiger partial charge >= 0.3 is 0 Å². The number of nitroso groups, excluding NO2 is 1. The first-order chi connectivity index (χ1) is 13.6. The van der Waals surface area contributed by atoms with Gasteiger partial charge < -0.3 is 4.79 Å². The van der Waals surface area contributed by atoms with Gasteiger partial charge in [-0.3, -0.25) is 0 Å². The van der Waals surface area contributed by atoms with Crippen molar-refractivity contribution < 1.29 is 4.79 Å². The molecule has 0 saturated heterocycles. The number of carbonyl (C=O) groups excluding carboxylic acids is 1. The minimum absolute atomic E-state index is 0.245. The minimum Gasteiger partial charge on any atom is -0.303 e. The molecule has 0 amide bonds. The molecule has 2 bridgehead atoms. The molecule has 3 heteroatoms. The molecular weight excluding hydrogens is 346 g/mol. The third-order valence-electron chi connectivity index (χ3n) is 11.1. The Balaban J connectivity index is 1.46. The Labute approximate surface area is 170 Å². The van der Waals surface area contributed by atoms with E-state index < -0.39 is 0 Å². The van der Waals surface area contributed by atoms with E-state index in [1.165, 1.54) is 57.7 Å². The fourth-order valence-electron chi connectivity index (χ4n) is 9.51. The second-order valence-corrected chi connectivity index (χ2v) is 11.5. The molecule has 1 spiro atoms. The summed E-state index contributed by atoms with van der Waals surface area (Å²) >= 11 is 0. The van der Waals surface area contributed by atoms with Gasteiger partial charge in [-0.25, -0.2) is 0 Å². The number of rotatable bonds is 4. The van der Waals surface area contributed by atoms with Gasteiger partial charge in [-0.05, 0) is 116 Å². The minimum atomic E-state index is 0.245. The van der Waals surface area contributed by atoms with Crippen molar-refractivity contribution in [3.05, 3.63) is 4.91 Å². The molecule has 11 atom stereocenters. The van der Waals surface area contributed by atoms with Crippen LogP contribution in [-0.4, -0.2) is 12.8 Å². The SMILES string of the molecule is CC1C2CCC3C(CCC4(CC4C2)C1C)C1CCCC(C=O)C1C3CCN=O. The van der Waals surface area contributed by atoms with Crippen molar-refractivity contribution in [3.63, 3.8) is 0 Å². The van der Waals surface area contributed by atoms with Crippen molar-refractivity contribution in [1.29, 1.82) is 0 Å². The maximum atomic E-state index is 11.9. The summed E-state index contributed by atoms with van der Waals surface area (Å²) in [5, 5.41) is 3.24. The third kappa shape index (κ3) is 2.77. The smallest absolute Gasteiger partial charge is 0.123 e. The van der Waals surface area contributed by atoms with Crippen molar-refractivity contribution in [3.8, 4) is 0 Å². The second kappa shape index (κ2) is 7.20. The van der Waals surface area contributed by atoms with Gasteiger partial charge in [-0.1, -0.05) is 25.4 Å². The first kappa shape index (κ1) is 19.2. The summed E-state index contributed by atoms with van der Waals surface area (Å²) in [6.07, 6.45) is 14.4. The first-order valence-electron chi connectivity index (χ1n) is 12.3. The standard InChI is InChI=1S/C25H39NO2/c1-15-16(2)25-10-8-21-20(7-6-17(15)12-19(25)13-25)23(9-11-26-28)24-18(14-27)4-3-5-22(21)24/h14-24H,3-13H2,1-2H3. The van der Waals surface area contributed by atoms with Crippen LogP contribution in [-0.2, 0) is 4.79 Å². The molecule has 6 aliphatic rings. The fraction of sp³-hybridized carbons (Fsp3) is 0.960. The van der Waals surface area contributed by atoms with Crippen LogP contribution in [0.2, 0.25) is 0 Å². The Kier molecular flexibility index (Phi) is 4.95. The van der Waals surface area contributed by atoms with Gasteiger partial charge in [-0.15, -0.1) is 0 Å². The van der Waals surface area contributed by atoms with Gasteiger partial charge in [0.25, 0.3) is 0 Å². The monoisotopic (exact) mass is 385 g/mol. The first-order valence-corrected chi connectivity index (χ1v) is 12.3. The van der Waals surface area contributed by atoms with Gasteiger partial charge in [0.05, 0.1) is 6.54 Å². The molecule has 3 nitrogen and oxygen atoms in total. The van der Waals surface area contributed by atoms with Crippen molar-refractivity contribution in [2.24, 2.45) is 69.8 Å². The van der Waals surface area contributed by atoms with Crippen LogP contribution in [0.1, 0.15) is 78.1 Å². The maximum Gasteiger partial charge on any atom is 0.123 e. The molecule has 0 N–H and O–H groups in total. The molecule has 6 saturated carbocycles. The molecule has 0 aromatic rings. The van der Waals surface area contributed by atoms with Crippen LogP contribution in [0.3, 0.4) is 0 Å². The number of nitrogens with zero attached hydrogens (tertiary/aromatic N) is 1. The highest BCUT2D eigenvalue weighted by Gasteiger charge is 2.63. The van der Waals surface area contributed by atoms with E-state index in [2.05, 4.69) is 19.0 Å². The molecule has 6 aliphatic carbocycles. The van der Waals surface area contributed by atoms with Crippen molar-refractivity contribution in [1.82, 2.24) is 0 Å². The predicted octanol–water partition coefficient (Wildman–Crippen LogP) is 6.11. The Morgan fingerprint density at radius 3 is 2.68 bits per heavy atom. The molecule has 0 aliphatic heterocycles. The number of carbonyl (C=O) groups is 1. The van der Waals surface area contributed by atoms with E-state index in [-0.39, 0.29) is 5.92 Å². The zero-order valence-corrected chi connectivity index (χ0v) is 17.9. The van der Waals surface area contributed by atoms with Crippen LogP contribution in [0.25, 0.3) is 0 Å². The van der Waals surface area contributed by atoms with Gasteiger partial charge in [0.1, 0.15) is 6.29 Å². The number of hydrogen-bond donors (Lipinski definition) is 0. The Morgan fingerprint density at radius 2 is 1.89 bits per heavy atom. The topological polar surface area (TPSA) is 46.5 Å². The fourth-order valence-corrected chi connectivity index (χ4v) is 9.51. The molecule has 156 valence electrons. The Bertz CT molecular complexity index is 620. The lowest BCUT2D eigenvalue weighted by atomic mass is 9.62. The molecule has 0 aromatic carbocycles. The van der Waals surface area contributed by atoms with Gasteiger partial charge in [0, 0.05) is 5.92 Å². The van der Waals surface area contributed by atoms with E-state index >= 15 is 0 Å². The number of aldehydes is 1. The van der Waals surface area contributed by atoms with Crippen molar-refractivity contribution in [2.75, 3.05) is 6.54 Å². The summed E-state index contributed by atoms with van der Waals surface area (Å²) in [6, 6.07) is 0. The highest BCUT2D eigenvalue weighted by Crippen LogP contribution is 2.71. The molecule has 0 radical (unpaired) electrons. The van der Waals surface area contributed by atoms with E-state index in [0.29, 0.717) is 23.8 Å². The Morgan fingerprint density at radius 1 is 1.04 bits per heavy atom. The molecular formula is C25H39NO2. The second-order valence-electron chi connectivity index (χ2n) is 11.5. The predicted molar refractivity (Wildman–Crippen MR) is 112 cm³/mol. The summed E-state index contributed by atoms with van der Waals surface area (Å²) in [6.45, 7) is 5.55. The molecule has 11 unspecified atom stereocenters. The highest BCUT2D eigenvalue weighted by molar-refractivity contribution is 5.54. The van der Waals surface area contributed by atoms with E-state index in [1.54, 1.807) is 0 Å². The molecule has 0 aromatic heterocycles. The van der Waals surface area contributed by atoms with Gasteiger partial charge in [0.15, 0.2) is 0 Å². The van der Waals surface area contributed by atoms with Crippen molar-refractivity contribution >= 4 is 6.29 Å². The van der Waals surface area contributed by atoms with Gasteiger partial charge in [-0.2, -0.15) is 4.91 Å². The molecule has 6 fully saturated rings. The quantitative estimate of drug-likeness (QED) is 0.433. The zero-order valence-electron chi connectivity index (χ0n) is 17.9. The largest absolute Gasteiger partial charge is 0.303 e. The number of hydrogen-bond acceptors (Lipinski definition) is 3. The Hall–Kier alpha value is -0.730. The van der Waals surface area contributed by atoms with Crippen LogP contribution >= 0.6 is 0 Å². The normalized spacial score (nSPS) is 54.9. The van der Waals surface area contributed by atoms with Gasteiger partial charge in [0.2, 0.25) is 0 Å². The van der Waals surface area contributed by atoms with Crippen molar-refractivity contribution in [2.45, 2.75) is 78.1 Å². The van der Waals surface area contributed by atoms with Crippen LogP contribution in [0, 0.1) is 69.5 Å². The lowest BCUT2D eigenvalue weighted by Crippen LogP contribution is -2.35. The summed E-state index contributed by atoms with van der Waals surface area (Å²) in [4.78, 5) is 22.9. The molecule has 6 rings (SSSR count). The summed E-state index contributed by atoms with van der Waals surface area (Å²) in [5.74, 6) is 7.34. The van der Waals surface area contributed by atoms with Crippen LogP contribution < -0.4 is 0 Å². The molecule has 0 heterocycles. The van der Waals surface area contributed by atoms with E-state index in [9.17, 15) is 9.70 Å². The third-order valence-corrected chi connectivity index (χ3v) is 11.1.